The fourth-order valence-electron chi connectivity index (χ4n) is 7.27. The van der Waals surface area contributed by atoms with E-state index in [-0.39, 0.29) is 35.7 Å². The van der Waals surface area contributed by atoms with E-state index in [0.717, 1.165) is 42.6 Å². The molecular weight excluding hydrogens is 546 g/mol. The second-order valence-electron chi connectivity index (χ2n) is 13.9. The summed E-state index contributed by atoms with van der Waals surface area (Å²) in [5.41, 5.74) is 1.47. The van der Waals surface area contributed by atoms with Gasteiger partial charge in [-0.15, -0.1) is 0 Å². The van der Waals surface area contributed by atoms with Gasteiger partial charge in [0.25, 0.3) is 0 Å². The average Bonchev–Trinajstić information content (AvgIpc) is 3.61. The number of rotatable bonds is 8. The van der Waals surface area contributed by atoms with Gasteiger partial charge >= 0.3 is 5.76 Å². The Kier molecular flexibility index (Phi) is 7.41. The van der Waals surface area contributed by atoms with Crippen molar-refractivity contribution in [3.8, 4) is 11.6 Å². The van der Waals surface area contributed by atoms with Gasteiger partial charge in [-0.1, -0.05) is 31.3 Å². The maximum Gasteiger partial charge on any atom is 0.439 e. The number of amides is 1. The van der Waals surface area contributed by atoms with Crippen LogP contribution in [0.2, 0.25) is 0 Å². The summed E-state index contributed by atoms with van der Waals surface area (Å²) in [4.78, 5) is 46.9. The predicted molar refractivity (Wildman–Crippen MR) is 164 cm³/mol. The van der Waals surface area contributed by atoms with Crippen molar-refractivity contribution in [3.05, 3.63) is 10.6 Å². The van der Waals surface area contributed by atoms with Crippen LogP contribution in [0.5, 0.6) is 0 Å². The molecule has 12 nitrogen and oxygen atoms in total. The Morgan fingerprint density at radius 1 is 1.00 bits per heavy atom. The third-order valence-electron chi connectivity index (χ3n) is 10.5. The summed E-state index contributed by atoms with van der Waals surface area (Å²) in [6.07, 6.45) is 10.6. The lowest BCUT2D eigenvalue weighted by molar-refractivity contribution is -0.135. The molecule has 0 spiro atoms. The zero-order chi connectivity index (χ0) is 29.8. The van der Waals surface area contributed by atoms with Crippen molar-refractivity contribution in [1.82, 2.24) is 34.6 Å². The first-order chi connectivity index (χ1) is 20.7. The third-order valence-corrected chi connectivity index (χ3v) is 10.5. The highest BCUT2D eigenvalue weighted by Crippen LogP contribution is 2.38. The van der Waals surface area contributed by atoms with Crippen molar-refractivity contribution >= 4 is 28.8 Å². The van der Waals surface area contributed by atoms with Crippen LogP contribution in [0.4, 0.5) is 11.8 Å². The Hall–Kier alpha value is -3.44. The van der Waals surface area contributed by atoms with E-state index < -0.39 is 5.76 Å². The highest BCUT2D eigenvalue weighted by atomic mass is 16.5. The fraction of sp³-hybridized carbons (Fsp3) is 0.742. The summed E-state index contributed by atoms with van der Waals surface area (Å²) in [6, 6.07) is 0.422. The minimum Gasteiger partial charge on any atom is -0.365 e. The van der Waals surface area contributed by atoms with Gasteiger partial charge in [0.15, 0.2) is 11.5 Å². The number of hydrogen-bond acceptors (Lipinski definition) is 9. The molecular formula is C31H45N9O3. The third kappa shape index (κ3) is 5.53. The van der Waals surface area contributed by atoms with Crippen molar-refractivity contribution in [2.75, 3.05) is 23.3 Å². The molecule has 1 amide bonds. The molecule has 0 bridgehead atoms. The molecule has 7 rings (SSSR count). The Labute approximate surface area is 252 Å². The highest BCUT2D eigenvalue weighted by molar-refractivity contribution is 5.88. The SMILES string of the molecule is CC1CCC(Cn2c(N3C[C@H](C)N(C(=O)C4CC4)C[C@H]3C)nc3nc(-c4noc(=O)[nH]4)nc(N[C@H](C)C4CCC4)c32)CC1. The van der Waals surface area contributed by atoms with Crippen molar-refractivity contribution in [1.29, 1.82) is 0 Å². The lowest BCUT2D eigenvalue weighted by atomic mass is 9.80. The zero-order valence-electron chi connectivity index (χ0n) is 25.9. The van der Waals surface area contributed by atoms with Gasteiger partial charge in [-0.2, -0.15) is 4.98 Å². The maximum absolute atomic E-state index is 13.1. The standard InChI is InChI=1S/C31H45N9O3/c1-17-8-10-21(11-9-17)16-40-24-25(32-20(4)22-6-5-7-22)33-27(28-36-31(42)43-37-28)34-26(24)35-30(40)39-15-18(2)38(14-19(39)3)29(41)23-12-13-23/h17-23H,5-16H2,1-4H3,(H,32,33,34)(H,36,37,42)/t17?,18-,19+,20+,21?/m0/s1. The minimum atomic E-state index is -0.643. The summed E-state index contributed by atoms with van der Waals surface area (Å²) in [7, 11) is 0. The number of nitrogens with zero attached hydrogens (tertiary/aromatic N) is 7. The fourth-order valence-corrected chi connectivity index (χ4v) is 7.27. The molecule has 3 saturated carbocycles. The summed E-state index contributed by atoms with van der Waals surface area (Å²) in [5.74, 6) is 3.85. The van der Waals surface area contributed by atoms with Gasteiger partial charge in [0, 0.05) is 43.7 Å². The monoisotopic (exact) mass is 591 g/mol. The summed E-state index contributed by atoms with van der Waals surface area (Å²) >= 11 is 0. The van der Waals surface area contributed by atoms with Gasteiger partial charge in [-0.25, -0.2) is 14.8 Å². The van der Waals surface area contributed by atoms with Crippen LogP contribution in [0.1, 0.15) is 85.5 Å². The molecule has 1 saturated heterocycles. The van der Waals surface area contributed by atoms with Gasteiger partial charge in [0.2, 0.25) is 23.5 Å². The van der Waals surface area contributed by atoms with Gasteiger partial charge in [-0.3, -0.25) is 14.3 Å². The van der Waals surface area contributed by atoms with Gasteiger partial charge in [0.05, 0.1) is 0 Å². The number of hydrogen-bond donors (Lipinski definition) is 2. The highest BCUT2D eigenvalue weighted by Gasteiger charge is 2.41. The first-order valence-electron chi connectivity index (χ1n) is 16.4. The average molecular weight is 592 g/mol. The lowest BCUT2D eigenvalue weighted by Gasteiger charge is -2.45. The Morgan fingerprint density at radius 3 is 2.42 bits per heavy atom. The van der Waals surface area contributed by atoms with E-state index in [1.807, 2.05) is 0 Å². The van der Waals surface area contributed by atoms with E-state index in [4.69, 9.17) is 19.5 Å². The van der Waals surface area contributed by atoms with Gasteiger partial charge in [0.1, 0.15) is 5.52 Å². The van der Waals surface area contributed by atoms with Crippen LogP contribution in [0.3, 0.4) is 0 Å². The first-order valence-corrected chi connectivity index (χ1v) is 16.4. The van der Waals surface area contributed by atoms with E-state index in [1.165, 1.54) is 44.9 Å². The van der Waals surface area contributed by atoms with E-state index in [1.54, 1.807) is 0 Å². The lowest BCUT2D eigenvalue weighted by Crippen LogP contribution is -2.59. The molecule has 3 atom stereocenters. The van der Waals surface area contributed by atoms with Crippen LogP contribution < -0.4 is 16.0 Å². The number of H-pyrrole nitrogens is 1. The molecule has 4 heterocycles. The van der Waals surface area contributed by atoms with E-state index >= 15 is 0 Å². The van der Waals surface area contributed by atoms with E-state index in [2.05, 4.69) is 57.5 Å². The molecule has 3 aliphatic carbocycles. The van der Waals surface area contributed by atoms with Gasteiger partial charge in [-0.05, 0) is 77.0 Å². The van der Waals surface area contributed by atoms with Crippen molar-refractivity contribution < 1.29 is 9.32 Å². The van der Waals surface area contributed by atoms with Gasteiger partial charge < -0.3 is 19.7 Å². The van der Waals surface area contributed by atoms with Crippen LogP contribution in [-0.2, 0) is 11.3 Å². The molecule has 3 aromatic rings. The molecule has 1 aliphatic heterocycles. The molecule has 0 aromatic carbocycles. The Morgan fingerprint density at radius 2 is 1.77 bits per heavy atom. The van der Waals surface area contributed by atoms with Crippen molar-refractivity contribution in [2.24, 2.45) is 23.7 Å². The van der Waals surface area contributed by atoms with E-state index in [0.29, 0.717) is 36.5 Å². The van der Waals surface area contributed by atoms with Crippen LogP contribution in [0.15, 0.2) is 9.32 Å². The molecule has 0 radical (unpaired) electrons. The molecule has 4 fully saturated rings. The van der Waals surface area contributed by atoms with Crippen LogP contribution >= 0.6 is 0 Å². The number of aromatic nitrogens is 6. The van der Waals surface area contributed by atoms with E-state index in [9.17, 15) is 9.59 Å². The number of aromatic amines is 1. The molecule has 2 N–H and O–H groups in total. The summed E-state index contributed by atoms with van der Waals surface area (Å²) < 4.78 is 7.15. The molecule has 232 valence electrons. The summed E-state index contributed by atoms with van der Waals surface area (Å²) in [6.45, 7) is 11.2. The van der Waals surface area contributed by atoms with Crippen molar-refractivity contribution in [3.63, 3.8) is 0 Å². The number of fused-ring (bicyclic) bond motifs is 1. The smallest absolute Gasteiger partial charge is 0.365 e. The number of nitrogens with one attached hydrogen (secondary N) is 2. The number of carbonyl (C=O) groups excluding carboxylic acids is 1. The second-order valence-corrected chi connectivity index (χ2v) is 13.9. The van der Waals surface area contributed by atoms with Crippen LogP contribution in [-0.4, -0.2) is 71.7 Å². The summed E-state index contributed by atoms with van der Waals surface area (Å²) in [5, 5.41) is 7.62. The Bertz CT molecular complexity index is 1530. The first kappa shape index (κ1) is 28.3. The molecule has 0 unspecified atom stereocenters. The second kappa shape index (κ2) is 11.2. The van der Waals surface area contributed by atoms with Crippen LogP contribution in [0.25, 0.3) is 22.8 Å². The predicted octanol–water partition coefficient (Wildman–Crippen LogP) is 4.43. The number of anilines is 2. The number of carbonyl (C=O) groups is 1. The topological polar surface area (TPSA) is 138 Å². The van der Waals surface area contributed by atoms with Crippen LogP contribution in [0, 0.1) is 23.7 Å². The largest absolute Gasteiger partial charge is 0.439 e. The number of piperazine rings is 1. The maximum atomic E-state index is 13.1. The molecule has 12 heteroatoms. The van der Waals surface area contributed by atoms with Crippen molar-refractivity contribution in [2.45, 2.75) is 110 Å². The zero-order valence-corrected chi connectivity index (χ0v) is 25.9. The Balaban J connectivity index is 1.32. The quantitative estimate of drug-likeness (QED) is 0.389. The normalized spacial score (nSPS) is 27.3. The number of imidazole rings is 1. The minimum absolute atomic E-state index is 0.0891. The molecule has 43 heavy (non-hydrogen) atoms. The molecule has 4 aliphatic rings. The molecule has 3 aromatic heterocycles.